The molecule has 5 heteroatoms. The van der Waals surface area contributed by atoms with Crippen LogP contribution in [0.4, 0.5) is 5.95 Å². The molecule has 5 nitrogen and oxygen atoms in total. The number of nitrogens with two attached hydrogens (primary N) is 1. The largest absolute Gasteiger partial charge is 0.369 e. The lowest BCUT2D eigenvalue weighted by Gasteiger charge is -2.07. The van der Waals surface area contributed by atoms with E-state index < -0.39 is 0 Å². The summed E-state index contributed by atoms with van der Waals surface area (Å²) in [6.07, 6.45) is 2.63. The molecule has 72 valence electrons. The van der Waals surface area contributed by atoms with Crippen LogP contribution in [-0.4, -0.2) is 23.1 Å². The van der Waals surface area contributed by atoms with E-state index in [-0.39, 0.29) is 11.5 Å². The van der Waals surface area contributed by atoms with Crippen LogP contribution in [0.2, 0.25) is 0 Å². The van der Waals surface area contributed by atoms with E-state index >= 15 is 0 Å². The highest BCUT2D eigenvalue weighted by molar-refractivity contribution is 5.15. The zero-order valence-electron chi connectivity index (χ0n) is 7.66. The molecule has 0 saturated carbocycles. The van der Waals surface area contributed by atoms with Gasteiger partial charge in [-0.1, -0.05) is 0 Å². The Morgan fingerprint density at radius 2 is 2.46 bits per heavy atom. The lowest BCUT2D eigenvalue weighted by molar-refractivity contribution is 0.609. The zero-order chi connectivity index (χ0) is 9.68. The highest BCUT2D eigenvalue weighted by atomic mass is 16.1. The quantitative estimate of drug-likeness (QED) is 0.612. The van der Waals surface area contributed by atoms with Gasteiger partial charge in [0.1, 0.15) is 0 Å². The van der Waals surface area contributed by atoms with Gasteiger partial charge in [0, 0.05) is 18.8 Å². The third-order valence-corrected chi connectivity index (χ3v) is 1.74. The first-order valence-electron chi connectivity index (χ1n) is 4.21. The monoisotopic (exact) mass is 182 g/mol. The standard InChI is InChI=1S/C8H14N4O/c1-10-4-2-5-12-6-3-7(13)11-8(12)9/h3,6,10H,2,4-5H2,1H3,(H2,9,11,13). The van der Waals surface area contributed by atoms with Crippen molar-refractivity contribution in [3.63, 3.8) is 0 Å². The van der Waals surface area contributed by atoms with Crippen LogP contribution in [0.5, 0.6) is 0 Å². The summed E-state index contributed by atoms with van der Waals surface area (Å²) in [5, 5.41) is 3.03. The summed E-state index contributed by atoms with van der Waals surface area (Å²) in [4.78, 5) is 14.4. The Bertz CT molecular complexity index is 320. The molecule has 0 saturated heterocycles. The molecule has 1 aromatic rings. The van der Waals surface area contributed by atoms with Gasteiger partial charge in [0.2, 0.25) is 5.95 Å². The molecule has 0 fully saturated rings. The molecule has 0 bridgehead atoms. The van der Waals surface area contributed by atoms with E-state index in [2.05, 4.69) is 10.3 Å². The summed E-state index contributed by atoms with van der Waals surface area (Å²) in [6.45, 7) is 1.70. The molecule has 0 aliphatic rings. The Morgan fingerprint density at radius 1 is 1.69 bits per heavy atom. The van der Waals surface area contributed by atoms with Crippen LogP contribution < -0.4 is 16.6 Å². The minimum Gasteiger partial charge on any atom is -0.369 e. The van der Waals surface area contributed by atoms with Crippen LogP contribution in [0.25, 0.3) is 0 Å². The molecular weight excluding hydrogens is 168 g/mol. The molecule has 1 aromatic heterocycles. The summed E-state index contributed by atoms with van der Waals surface area (Å²) in [5.74, 6) is 0.281. The topological polar surface area (TPSA) is 72.9 Å². The van der Waals surface area contributed by atoms with Gasteiger partial charge >= 0.3 is 0 Å². The van der Waals surface area contributed by atoms with E-state index in [9.17, 15) is 4.79 Å². The molecule has 0 atom stereocenters. The maximum Gasteiger partial charge on any atom is 0.274 e. The van der Waals surface area contributed by atoms with Gasteiger partial charge in [-0.3, -0.25) is 4.79 Å². The van der Waals surface area contributed by atoms with Crippen molar-refractivity contribution < 1.29 is 0 Å². The van der Waals surface area contributed by atoms with E-state index in [4.69, 9.17) is 5.73 Å². The molecule has 0 spiro atoms. The van der Waals surface area contributed by atoms with Crippen molar-refractivity contribution in [1.82, 2.24) is 14.9 Å². The predicted molar refractivity (Wildman–Crippen MR) is 51.5 cm³/mol. The first kappa shape index (κ1) is 9.73. The number of aromatic nitrogens is 2. The third kappa shape index (κ3) is 2.87. The molecule has 13 heavy (non-hydrogen) atoms. The number of aryl methyl sites for hydroxylation is 1. The number of hydrogen-bond donors (Lipinski definition) is 2. The van der Waals surface area contributed by atoms with Gasteiger partial charge in [-0.15, -0.1) is 0 Å². The van der Waals surface area contributed by atoms with Crippen molar-refractivity contribution in [2.75, 3.05) is 19.3 Å². The normalized spacial score (nSPS) is 10.2. The number of anilines is 1. The molecule has 0 aromatic carbocycles. The van der Waals surface area contributed by atoms with E-state index in [1.54, 1.807) is 10.8 Å². The number of nitrogens with one attached hydrogen (secondary N) is 1. The van der Waals surface area contributed by atoms with Crippen molar-refractivity contribution in [3.05, 3.63) is 22.6 Å². The maximum atomic E-state index is 10.8. The maximum absolute atomic E-state index is 10.8. The zero-order valence-corrected chi connectivity index (χ0v) is 7.66. The number of nitrogen functional groups attached to an aromatic ring is 1. The Hall–Kier alpha value is -1.36. The second-order valence-electron chi connectivity index (χ2n) is 2.77. The minimum absolute atomic E-state index is 0.281. The van der Waals surface area contributed by atoms with Gasteiger partial charge in [-0.25, -0.2) is 0 Å². The molecule has 0 aliphatic carbocycles. The Kier molecular flexibility index (Phi) is 3.45. The second kappa shape index (κ2) is 4.61. The SMILES string of the molecule is CNCCCn1ccc(=O)nc1N. The molecule has 3 N–H and O–H groups in total. The lowest BCUT2D eigenvalue weighted by Crippen LogP contribution is -2.17. The molecule has 0 radical (unpaired) electrons. The molecule has 1 rings (SSSR count). The van der Waals surface area contributed by atoms with Gasteiger partial charge in [0.05, 0.1) is 0 Å². The average Bonchev–Trinajstić information content (AvgIpc) is 2.09. The molecule has 0 unspecified atom stereocenters. The molecule has 0 aliphatic heterocycles. The summed E-state index contributed by atoms with van der Waals surface area (Å²) in [6, 6.07) is 1.41. The van der Waals surface area contributed by atoms with Crippen LogP contribution in [0.15, 0.2) is 17.1 Å². The van der Waals surface area contributed by atoms with Crippen molar-refractivity contribution in [1.29, 1.82) is 0 Å². The van der Waals surface area contributed by atoms with Crippen molar-refractivity contribution in [2.24, 2.45) is 0 Å². The molecule has 0 amide bonds. The van der Waals surface area contributed by atoms with Crippen molar-refractivity contribution in [3.8, 4) is 0 Å². The fourth-order valence-corrected chi connectivity index (χ4v) is 1.06. The smallest absolute Gasteiger partial charge is 0.274 e. The van der Waals surface area contributed by atoms with Gasteiger partial charge in [0.15, 0.2) is 0 Å². The number of nitrogens with zero attached hydrogens (tertiary/aromatic N) is 2. The van der Waals surface area contributed by atoms with Crippen molar-refractivity contribution in [2.45, 2.75) is 13.0 Å². The van der Waals surface area contributed by atoms with Crippen LogP contribution in [0.1, 0.15) is 6.42 Å². The van der Waals surface area contributed by atoms with Gasteiger partial charge in [-0.05, 0) is 20.0 Å². The number of rotatable bonds is 4. The highest BCUT2D eigenvalue weighted by Gasteiger charge is 1.96. The van der Waals surface area contributed by atoms with Crippen LogP contribution in [0.3, 0.4) is 0 Å². The fourth-order valence-electron chi connectivity index (χ4n) is 1.06. The minimum atomic E-state index is -0.289. The summed E-state index contributed by atoms with van der Waals surface area (Å²) in [7, 11) is 1.90. The molecular formula is C8H14N4O. The lowest BCUT2D eigenvalue weighted by atomic mass is 10.4. The summed E-state index contributed by atoms with van der Waals surface area (Å²) >= 11 is 0. The first-order chi connectivity index (χ1) is 6.24. The Labute approximate surface area is 76.6 Å². The van der Waals surface area contributed by atoms with E-state index in [0.717, 1.165) is 19.5 Å². The van der Waals surface area contributed by atoms with Crippen LogP contribution in [-0.2, 0) is 6.54 Å². The van der Waals surface area contributed by atoms with Gasteiger partial charge < -0.3 is 15.6 Å². The van der Waals surface area contributed by atoms with Gasteiger partial charge in [-0.2, -0.15) is 4.98 Å². The summed E-state index contributed by atoms with van der Waals surface area (Å²) in [5.41, 5.74) is 5.25. The molecule has 1 heterocycles. The third-order valence-electron chi connectivity index (χ3n) is 1.74. The van der Waals surface area contributed by atoms with Crippen LogP contribution >= 0.6 is 0 Å². The van der Waals surface area contributed by atoms with Crippen LogP contribution in [0, 0.1) is 0 Å². The van der Waals surface area contributed by atoms with E-state index in [1.165, 1.54) is 6.07 Å². The fraction of sp³-hybridized carbons (Fsp3) is 0.500. The summed E-state index contributed by atoms with van der Waals surface area (Å²) < 4.78 is 1.76. The number of hydrogen-bond acceptors (Lipinski definition) is 4. The van der Waals surface area contributed by atoms with Gasteiger partial charge in [0.25, 0.3) is 5.56 Å². The van der Waals surface area contributed by atoms with E-state index in [0.29, 0.717) is 0 Å². The Balaban J connectivity index is 2.61. The first-order valence-corrected chi connectivity index (χ1v) is 4.21. The average molecular weight is 182 g/mol. The van der Waals surface area contributed by atoms with Crippen molar-refractivity contribution >= 4 is 5.95 Å². The Morgan fingerprint density at radius 3 is 3.08 bits per heavy atom. The predicted octanol–water partition coefficient (Wildman–Crippen LogP) is -0.565. The second-order valence-corrected chi connectivity index (χ2v) is 2.77. The highest BCUT2D eigenvalue weighted by Crippen LogP contribution is 1.95. The van der Waals surface area contributed by atoms with E-state index in [1.807, 2.05) is 7.05 Å².